The van der Waals surface area contributed by atoms with Crippen molar-refractivity contribution < 1.29 is 9.66 Å². The van der Waals surface area contributed by atoms with Gasteiger partial charge in [0.25, 0.3) is 5.69 Å². The minimum atomic E-state index is -0.374. The van der Waals surface area contributed by atoms with Crippen molar-refractivity contribution in [3.8, 4) is 5.75 Å². The molecule has 5 heteroatoms. The van der Waals surface area contributed by atoms with E-state index < -0.39 is 0 Å². The van der Waals surface area contributed by atoms with Gasteiger partial charge in [-0.3, -0.25) is 10.1 Å². The van der Waals surface area contributed by atoms with Gasteiger partial charge in [-0.25, -0.2) is 0 Å². The number of rotatable bonds is 2. The molecule has 2 aromatic rings. The van der Waals surface area contributed by atoms with Gasteiger partial charge < -0.3 is 4.74 Å². The van der Waals surface area contributed by atoms with Gasteiger partial charge in [-0.2, -0.15) is 0 Å². The van der Waals surface area contributed by atoms with Crippen LogP contribution in [0.15, 0.2) is 30.3 Å². The largest absolute Gasteiger partial charge is 0.497 e. The molecule has 82 valence electrons. The maximum atomic E-state index is 10.8. The Hall–Kier alpha value is -1.37. The van der Waals surface area contributed by atoms with Crippen LogP contribution >= 0.6 is 22.6 Å². The van der Waals surface area contributed by atoms with Gasteiger partial charge in [0.2, 0.25) is 0 Å². The summed E-state index contributed by atoms with van der Waals surface area (Å²) in [6, 6.07) is 8.81. The molecule has 0 amide bonds. The minimum Gasteiger partial charge on any atom is -0.497 e. The molecule has 2 rings (SSSR count). The van der Waals surface area contributed by atoms with Crippen LogP contribution in [0.3, 0.4) is 0 Å². The van der Waals surface area contributed by atoms with Crippen LogP contribution in [-0.4, -0.2) is 12.0 Å². The zero-order valence-electron chi connectivity index (χ0n) is 8.44. The Morgan fingerprint density at radius 2 is 2.00 bits per heavy atom. The lowest BCUT2D eigenvalue weighted by Gasteiger charge is -2.04. The molecule has 0 aliphatic rings. The zero-order chi connectivity index (χ0) is 11.7. The van der Waals surface area contributed by atoms with E-state index in [4.69, 9.17) is 4.74 Å². The monoisotopic (exact) mass is 329 g/mol. The van der Waals surface area contributed by atoms with E-state index in [9.17, 15) is 10.1 Å². The number of fused-ring (bicyclic) bond motifs is 1. The van der Waals surface area contributed by atoms with Gasteiger partial charge in [-0.15, -0.1) is 0 Å². The topological polar surface area (TPSA) is 52.4 Å². The number of halogens is 1. The van der Waals surface area contributed by atoms with Gasteiger partial charge in [0.1, 0.15) is 5.75 Å². The highest BCUT2D eigenvalue weighted by Crippen LogP contribution is 2.31. The van der Waals surface area contributed by atoms with E-state index in [1.54, 1.807) is 13.2 Å². The van der Waals surface area contributed by atoms with Crippen LogP contribution in [-0.2, 0) is 0 Å². The predicted octanol–water partition coefficient (Wildman–Crippen LogP) is 3.36. The molecule has 0 heterocycles. The summed E-state index contributed by atoms with van der Waals surface area (Å²) in [6.07, 6.45) is 0. The Bertz CT molecular complexity index is 568. The van der Waals surface area contributed by atoms with Gasteiger partial charge >= 0.3 is 0 Å². The summed E-state index contributed by atoms with van der Waals surface area (Å²) in [4.78, 5) is 10.4. The third kappa shape index (κ3) is 1.82. The summed E-state index contributed by atoms with van der Waals surface area (Å²) in [5.41, 5.74) is 0.126. The summed E-state index contributed by atoms with van der Waals surface area (Å²) < 4.78 is 5.74. The summed E-state index contributed by atoms with van der Waals surface area (Å²) in [6.45, 7) is 0. The molecule has 0 radical (unpaired) electrons. The van der Waals surface area contributed by atoms with Gasteiger partial charge in [0.15, 0.2) is 0 Å². The molecular formula is C11H8INO3. The lowest BCUT2D eigenvalue weighted by atomic mass is 10.1. The molecule has 0 aliphatic carbocycles. The van der Waals surface area contributed by atoms with Crippen molar-refractivity contribution in [2.24, 2.45) is 0 Å². The summed E-state index contributed by atoms with van der Waals surface area (Å²) in [5, 5.41) is 12.6. The van der Waals surface area contributed by atoms with Crippen molar-refractivity contribution in [2.45, 2.75) is 0 Å². The van der Waals surface area contributed by atoms with E-state index in [1.807, 2.05) is 40.8 Å². The lowest BCUT2D eigenvalue weighted by Crippen LogP contribution is -1.92. The average Bonchev–Trinajstić information content (AvgIpc) is 2.28. The summed E-state index contributed by atoms with van der Waals surface area (Å²) in [5.74, 6) is 0.700. The van der Waals surface area contributed by atoms with Gasteiger partial charge in [-0.05, 0) is 46.2 Å². The normalized spacial score (nSPS) is 10.4. The van der Waals surface area contributed by atoms with Crippen molar-refractivity contribution in [1.82, 2.24) is 0 Å². The van der Waals surface area contributed by atoms with Gasteiger partial charge in [-0.1, -0.05) is 6.07 Å². The van der Waals surface area contributed by atoms with Crippen LogP contribution in [0.2, 0.25) is 0 Å². The van der Waals surface area contributed by atoms with Crippen LogP contribution in [0, 0.1) is 13.7 Å². The molecule has 16 heavy (non-hydrogen) atoms. The summed E-state index contributed by atoms with van der Waals surface area (Å²) >= 11 is 1.99. The van der Waals surface area contributed by atoms with Crippen molar-refractivity contribution in [2.75, 3.05) is 7.11 Å². The number of benzene rings is 2. The molecule has 0 N–H and O–H groups in total. The Kier molecular flexibility index (Phi) is 2.95. The van der Waals surface area contributed by atoms with Crippen LogP contribution in [0.1, 0.15) is 0 Å². The molecule has 2 aromatic carbocycles. The Labute approximate surface area is 106 Å². The maximum absolute atomic E-state index is 10.8. The van der Waals surface area contributed by atoms with Gasteiger partial charge in [0, 0.05) is 11.5 Å². The molecule has 0 saturated heterocycles. The molecule has 0 aromatic heterocycles. The SMILES string of the molecule is COc1ccc2ccc([N+](=O)[O-])c(I)c2c1. The number of hydrogen-bond donors (Lipinski definition) is 0. The molecule has 0 atom stereocenters. The molecule has 0 aliphatic heterocycles. The van der Waals surface area contributed by atoms with Crippen LogP contribution in [0.4, 0.5) is 5.69 Å². The molecule has 0 bridgehead atoms. The van der Waals surface area contributed by atoms with E-state index >= 15 is 0 Å². The van der Waals surface area contributed by atoms with E-state index in [0.29, 0.717) is 9.32 Å². The van der Waals surface area contributed by atoms with Crippen molar-refractivity contribution >= 4 is 39.1 Å². The first-order chi connectivity index (χ1) is 7.63. The average molecular weight is 329 g/mol. The lowest BCUT2D eigenvalue weighted by molar-refractivity contribution is -0.385. The number of methoxy groups -OCH3 is 1. The second-order valence-corrected chi connectivity index (χ2v) is 4.32. The third-order valence-electron chi connectivity index (χ3n) is 2.34. The maximum Gasteiger partial charge on any atom is 0.283 e. The van der Waals surface area contributed by atoms with E-state index in [2.05, 4.69) is 0 Å². The highest BCUT2D eigenvalue weighted by Gasteiger charge is 2.14. The first-order valence-corrected chi connectivity index (χ1v) is 5.62. The fourth-order valence-electron chi connectivity index (χ4n) is 1.52. The molecule has 4 nitrogen and oxygen atoms in total. The van der Waals surface area contributed by atoms with Crippen molar-refractivity contribution in [3.05, 3.63) is 44.0 Å². The second kappa shape index (κ2) is 4.25. The summed E-state index contributed by atoms with van der Waals surface area (Å²) in [7, 11) is 1.57. The van der Waals surface area contributed by atoms with E-state index in [-0.39, 0.29) is 10.6 Å². The molecule has 0 spiro atoms. The third-order valence-corrected chi connectivity index (χ3v) is 3.47. The van der Waals surface area contributed by atoms with Crippen molar-refractivity contribution in [1.29, 1.82) is 0 Å². The highest BCUT2D eigenvalue weighted by atomic mass is 127. The van der Waals surface area contributed by atoms with Gasteiger partial charge in [0.05, 0.1) is 15.6 Å². The first-order valence-electron chi connectivity index (χ1n) is 4.54. The minimum absolute atomic E-state index is 0.126. The number of nitrogens with zero attached hydrogens (tertiary/aromatic N) is 1. The fraction of sp³-hybridized carbons (Fsp3) is 0.0909. The number of hydrogen-bond acceptors (Lipinski definition) is 3. The fourth-order valence-corrected chi connectivity index (χ4v) is 2.36. The van der Waals surface area contributed by atoms with E-state index in [1.165, 1.54) is 6.07 Å². The van der Waals surface area contributed by atoms with Crippen LogP contribution < -0.4 is 4.74 Å². The molecule has 0 unspecified atom stereocenters. The molecule has 0 saturated carbocycles. The number of ether oxygens (including phenoxy) is 1. The number of nitro benzene ring substituents is 1. The first kappa shape index (κ1) is 11.1. The second-order valence-electron chi connectivity index (χ2n) is 3.24. The predicted molar refractivity (Wildman–Crippen MR) is 69.9 cm³/mol. The quantitative estimate of drug-likeness (QED) is 0.482. The number of nitro groups is 1. The molecule has 0 fully saturated rings. The zero-order valence-corrected chi connectivity index (χ0v) is 10.6. The van der Waals surface area contributed by atoms with Crippen LogP contribution in [0.5, 0.6) is 5.75 Å². The standard InChI is InChI=1S/C11H8INO3/c1-16-8-4-2-7-3-5-10(13(14)15)11(12)9(7)6-8/h2-6H,1H3. The smallest absolute Gasteiger partial charge is 0.283 e. The highest BCUT2D eigenvalue weighted by molar-refractivity contribution is 14.1. The molecular weight excluding hydrogens is 321 g/mol. The Morgan fingerprint density at radius 3 is 2.62 bits per heavy atom. The Balaban J connectivity index is 2.75. The van der Waals surface area contributed by atoms with E-state index in [0.717, 1.165) is 10.8 Å². The Morgan fingerprint density at radius 1 is 1.31 bits per heavy atom. The van der Waals surface area contributed by atoms with Crippen molar-refractivity contribution in [3.63, 3.8) is 0 Å². The van der Waals surface area contributed by atoms with Crippen LogP contribution in [0.25, 0.3) is 10.8 Å².